The molecular weight excluding hydrogens is 236 g/mol. The molecular formula is C14H19ClO2. The summed E-state index contributed by atoms with van der Waals surface area (Å²) < 4.78 is 0. The van der Waals surface area contributed by atoms with Crippen molar-refractivity contribution in [2.45, 2.75) is 44.4 Å². The van der Waals surface area contributed by atoms with Crippen LogP contribution in [0.5, 0.6) is 0 Å². The summed E-state index contributed by atoms with van der Waals surface area (Å²) in [6.07, 6.45) is 0.570. The van der Waals surface area contributed by atoms with Gasteiger partial charge in [-0.3, -0.25) is 4.79 Å². The molecule has 0 spiro atoms. The predicted octanol–water partition coefficient (Wildman–Crippen LogP) is 4.13. The summed E-state index contributed by atoms with van der Waals surface area (Å²) in [6, 6.07) is 8.09. The highest BCUT2D eigenvalue weighted by Gasteiger charge is 2.15. The minimum atomic E-state index is -0.804. The second-order valence-corrected chi connectivity index (χ2v) is 5.80. The lowest BCUT2D eigenvalue weighted by molar-refractivity contribution is -0.137. The van der Waals surface area contributed by atoms with Crippen LogP contribution in [0.25, 0.3) is 0 Å². The molecule has 0 saturated heterocycles. The van der Waals surface area contributed by atoms with Crippen molar-refractivity contribution < 1.29 is 9.90 Å². The summed E-state index contributed by atoms with van der Waals surface area (Å²) in [5, 5.41) is 8.38. The van der Waals surface area contributed by atoms with Crippen LogP contribution in [0.4, 0.5) is 0 Å². The summed E-state index contributed by atoms with van der Waals surface area (Å²) in [5.74, 6) is -0.804. The highest BCUT2D eigenvalue weighted by molar-refractivity contribution is 6.20. The zero-order chi connectivity index (χ0) is 13.1. The molecule has 0 amide bonds. The van der Waals surface area contributed by atoms with Gasteiger partial charge in [-0.2, -0.15) is 0 Å². The van der Waals surface area contributed by atoms with Crippen LogP contribution in [0.1, 0.15) is 50.1 Å². The number of halogens is 1. The largest absolute Gasteiger partial charge is 0.481 e. The molecule has 94 valence electrons. The zero-order valence-electron chi connectivity index (χ0n) is 10.5. The van der Waals surface area contributed by atoms with Crippen molar-refractivity contribution in [3.63, 3.8) is 0 Å². The van der Waals surface area contributed by atoms with E-state index < -0.39 is 5.97 Å². The van der Waals surface area contributed by atoms with Gasteiger partial charge < -0.3 is 5.11 Å². The highest BCUT2D eigenvalue weighted by Crippen LogP contribution is 2.28. The van der Waals surface area contributed by atoms with Gasteiger partial charge in [-0.15, -0.1) is 11.6 Å². The Morgan fingerprint density at radius 3 is 2.24 bits per heavy atom. The molecule has 0 aromatic heterocycles. The van der Waals surface area contributed by atoms with Crippen molar-refractivity contribution in [2.24, 2.45) is 0 Å². The van der Waals surface area contributed by atoms with E-state index in [0.29, 0.717) is 6.42 Å². The Balaban J connectivity index is 2.70. The number of hydrogen-bond acceptors (Lipinski definition) is 1. The van der Waals surface area contributed by atoms with Crippen LogP contribution in [0, 0.1) is 0 Å². The summed E-state index contributed by atoms with van der Waals surface area (Å²) in [7, 11) is 0. The fourth-order valence-corrected chi connectivity index (χ4v) is 1.86. The molecule has 0 saturated carbocycles. The lowest BCUT2D eigenvalue weighted by Crippen LogP contribution is -2.10. The van der Waals surface area contributed by atoms with Crippen molar-refractivity contribution in [1.82, 2.24) is 0 Å². The van der Waals surface area contributed by atoms with Gasteiger partial charge in [0.1, 0.15) is 0 Å². The fraction of sp³-hybridized carbons (Fsp3) is 0.500. The van der Waals surface area contributed by atoms with Gasteiger partial charge in [0.25, 0.3) is 0 Å². The van der Waals surface area contributed by atoms with Crippen molar-refractivity contribution in [1.29, 1.82) is 0 Å². The molecule has 0 heterocycles. The van der Waals surface area contributed by atoms with Crippen molar-refractivity contribution in [3.8, 4) is 0 Å². The van der Waals surface area contributed by atoms with Crippen LogP contribution in [0.2, 0.25) is 0 Å². The molecule has 1 aromatic carbocycles. The average molecular weight is 255 g/mol. The third-order valence-electron chi connectivity index (χ3n) is 2.75. The molecule has 2 nitrogen and oxygen atoms in total. The van der Waals surface area contributed by atoms with Crippen molar-refractivity contribution >= 4 is 17.6 Å². The first-order valence-electron chi connectivity index (χ1n) is 5.77. The third kappa shape index (κ3) is 4.39. The van der Waals surface area contributed by atoms with E-state index in [2.05, 4.69) is 32.9 Å². The first-order valence-corrected chi connectivity index (χ1v) is 6.20. The van der Waals surface area contributed by atoms with Crippen LogP contribution in [-0.4, -0.2) is 11.1 Å². The van der Waals surface area contributed by atoms with E-state index in [1.807, 2.05) is 12.1 Å². The van der Waals surface area contributed by atoms with E-state index >= 15 is 0 Å². The number of aliphatic carboxylic acids is 1. The first kappa shape index (κ1) is 14.0. The predicted molar refractivity (Wildman–Crippen MR) is 70.6 cm³/mol. The summed E-state index contributed by atoms with van der Waals surface area (Å²) in [6.45, 7) is 6.47. The van der Waals surface area contributed by atoms with E-state index in [-0.39, 0.29) is 17.2 Å². The van der Waals surface area contributed by atoms with E-state index in [0.717, 1.165) is 5.56 Å². The number of benzene rings is 1. The van der Waals surface area contributed by atoms with Gasteiger partial charge in [0.15, 0.2) is 0 Å². The van der Waals surface area contributed by atoms with Crippen LogP contribution in [0.3, 0.4) is 0 Å². The number of alkyl halides is 1. The second-order valence-electron chi connectivity index (χ2n) is 5.27. The number of carboxylic acids is 1. The van der Waals surface area contributed by atoms with Gasteiger partial charge >= 0.3 is 5.97 Å². The number of hydrogen-bond donors (Lipinski definition) is 1. The molecule has 1 aromatic rings. The van der Waals surface area contributed by atoms with Gasteiger partial charge in [-0.1, -0.05) is 45.0 Å². The Labute approximate surface area is 108 Å². The monoisotopic (exact) mass is 254 g/mol. The molecule has 0 aliphatic rings. The maximum Gasteiger partial charge on any atom is 0.303 e. The SMILES string of the molecule is CC(C)(C)c1ccc(C(Cl)CCC(=O)O)cc1. The Kier molecular flexibility index (Phi) is 4.58. The van der Waals surface area contributed by atoms with E-state index in [1.54, 1.807) is 0 Å². The Bertz CT molecular complexity index is 376. The van der Waals surface area contributed by atoms with Gasteiger partial charge in [0, 0.05) is 6.42 Å². The Morgan fingerprint density at radius 1 is 1.29 bits per heavy atom. The molecule has 0 aliphatic heterocycles. The lowest BCUT2D eigenvalue weighted by atomic mass is 9.86. The topological polar surface area (TPSA) is 37.3 Å². The van der Waals surface area contributed by atoms with Crippen LogP contribution < -0.4 is 0 Å². The minimum Gasteiger partial charge on any atom is -0.481 e. The van der Waals surface area contributed by atoms with Crippen molar-refractivity contribution in [3.05, 3.63) is 35.4 Å². The maximum atomic E-state index is 10.5. The summed E-state index contributed by atoms with van der Waals surface area (Å²) >= 11 is 6.15. The van der Waals surface area contributed by atoms with Crippen LogP contribution >= 0.6 is 11.6 Å². The number of rotatable bonds is 4. The van der Waals surface area contributed by atoms with Gasteiger partial charge in [-0.05, 0) is 23.0 Å². The van der Waals surface area contributed by atoms with E-state index in [1.165, 1.54) is 5.56 Å². The summed E-state index contributed by atoms with van der Waals surface area (Å²) in [5.41, 5.74) is 2.37. The number of carboxylic acid groups (broad SMARTS) is 1. The molecule has 1 rings (SSSR count). The van der Waals surface area contributed by atoms with Gasteiger partial charge in [0.2, 0.25) is 0 Å². The molecule has 17 heavy (non-hydrogen) atoms. The van der Waals surface area contributed by atoms with E-state index in [9.17, 15) is 4.79 Å². The smallest absolute Gasteiger partial charge is 0.303 e. The van der Waals surface area contributed by atoms with E-state index in [4.69, 9.17) is 16.7 Å². The Morgan fingerprint density at radius 2 is 1.82 bits per heavy atom. The highest BCUT2D eigenvalue weighted by atomic mass is 35.5. The third-order valence-corrected chi connectivity index (χ3v) is 3.22. The molecule has 0 aliphatic carbocycles. The van der Waals surface area contributed by atoms with Crippen LogP contribution in [0.15, 0.2) is 24.3 Å². The minimum absolute atomic E-state index is 0.106. The first-order chi connectivity index (χ1) is 7.80. The average Bonchev–Trinajstić information content (AvgIpc) is 2.25. The fourth-order valence-electron chi connectivity index (χ4n) is 1.61. The summed E-state index contributed by atoms with van der Waals surface area (Å²) in [4.78, 5) is 10.5. The molecule has 0 fully saturated rings. The molecule has 1 N–H and O–H groups in total. The van der Waals surface area contributed by atoms with Crippen molar-refractivity contribution in [2.75, 3.05) is 0 Å². The van der Waals surface area contributed by atoms with Gasteiger partial charge in [0.05, 0.1) is 5.38 Å². The lowest BCUT2D eigenvalue weighted by Gasteiger charge is -2.19. The normalized spacial score (nSPS) is 13.4. The van der Waals surface area contributed by atoms with Gasteiger partial charge in [-0.25, -0.2) is 0 Å². The quantitative estimate of drug-likeness (QED) is 0.821. The number of carbonyl (C=O) groups is 1. The molecule has 0 bridgehead atoms. The molecule has 3 heteroatoms. The Hall–Kier alpha value is -1.02. The molecule has 0 radical (unpaired) electrons. The van der Waals surface area contributed by atoms with Crippen LogP contribution in [-0.2, 0) is 10.2 Å². The molecule has 1 atom stereocenters. The standard InChI is InChI=1S/C14H19ClO2/c1-14(2,3)11-6-4-10(5-7-11)12(15)8-9-13(16)17/h4-7,12H,8-9H2,1-3H3,(H,16,17). The maximum absolute atomic E-state index is 10.5. The molecule has 1 unspecified atom stereocenters. The zero-order valence-corrected chi connectivity index (χ0v) is 11.3. The second kappa shape index (κ2) is 5.54.